The smallest absolute Gasteiger partial charge is 0.264 e. The van der Waals surface area contributed by atoms with Crippen LogP contribution in [0.2, 0.25) is 0 Å². The van der Waals surface area contributed by atoms with Crippen molar-refractivity contribution in [3.05, 3.63) is 77.0 Å². The summed E-state index contributed by atoms with van der Waals surface area (Å²) in [6.07, 6.45) is 4.11. The van der Waals surface area contributed by atoms with E-state index >= 15 is 0 Å². The maximum absolute atomic E-state index is 12.2. The van der Waals surface area contributed by atoms with Crippen LogP contribution in [0.5, 0.6) is 11.5 Å². The number of hydrogen-bond donors (Lipinski definition) is 1. The number of nitrogens with zero attached hydrogens (tertiary/aromatic N) is 3. The standard InChI is InChI=1S/C21H21BrN4O3/c1-3-4-15-7-10-18(19(11-15)28-2)29-13-20(27)24-21-23-14-26(25-21)12-16-5-8-17(22)9-6-16/h3,5-11,14H,1,4,12-13H2,2H3,(H,24,25,27). The summed E-state index contributed by atoms with van der Waals surface area (Å²) in [6, 6.07) is 13.4. The highest BCUT2D eigenvalue weighted by Crippen LogP contribution is 2.28. The molecule has 3 rings (SSSR count). The molecular formula is C21H21BrN4O3. The fourth-order valence-electron chi connectivity index (χ4n) is 2.63. The molecule has 0 fully saturated rings. The van der Waals surface area contributed by atoms with E-state index in [1.165, 1.54) is 0 Å². The van der Waals surface area contributed by atoms with Crippen molar-refractivity contribution in [3.8, 4) is 11.5 Å². The van der Waals surface area contributed by atoms with Gasteiger partial charge in [-0.05, 0) is 41.8 Å². The van der Waals surface area contributed by atoms with Gasteiger partial charge in [0.2, 0.25) is 5.95 Å². The summed E-state index contributed by atoms with van der Waals surface area (Å²) in [7, 11) is 1.56. The van der Waals surface area contributed by atoms with E-state index in [0.717, 1.165) is 22.0 Å². The number of nitrogens with one attached hydrogen (secondary N) is 1. The van der Waals surface area contributed by atoms with Gasteiger partial charge in [0.25, 0.3) is 5.91 Å². The summed E-state index contributed by atoms with van der Waals surface area (Å²) in [6.45, 7) is 4.10. The van der Waals surface area contributed by atoms with Gasteiger partial charge in [-0.2, -0.15) is 0 Å². The Labute approximate surface area is 177 Å². The Bertz CT molecular complexity index is 986. The molecule has 0 aliphatic carbocycles. The minimum Gasteiger partial charge on any atom is -0.493 e. The summed E-state index contributed by atoms with van der Waals surface area (Å²) >= 11 is 3.41. The van der Waals surface area contributed by atoms with Gasteiger partial charge in [0.05, 0.1) is 13.7 Å². The molecule has 2 aromatic carbocycles. The molecule has 0 atom stereocenters. The van der Waals surface area contributed by atoms with Gasteiger partial charge in [0.15, 0.2) is 18.1 Å². The average Bonchev–Trinajstić information content (AvgIpc) is 3.15. The molecule has 29 heavy (non-hydrogen) atoms. The average molecular weight is 457 g/mol. The van der Waals surface area contributed by atoms with E-state index in [1.54, 1.807) is 24.2 Å². The predicted octanol–water partition coefficient (Wildman–Crippen LogP) is 3.84. The van der Waals surface area contributed by atoms with Crippen molar-refractivity contribution in [2.24, 2.45) is 0 Å². The molecule has 0 spiro atoms. The number of halogens is 1. The third kappa shape index (κ3) is 5.92. The van der Waals surface area contributed by atoms with E-state index in [-0.39, 0.29) is 18.5 Å². The van der Waals surface area contributed by atoms with Crippen molar-refractivity contribution in [1.29, 1.82) is 0 Å². The molecule has 7 nitrogen and oxygen atoms in total. The van der Waals surface area contributed by atoms with E-state index in [9.17, 15) is 4.79 Å². The van der Waals surface area contributed by atoms with E-state index in [1.807, 2.05) is 42.5 Å². The molecule has 3 aromatic rings. The molecule has 0 saturated carbocycles. The van der Waals surface area contributed by atoms with Crippen LogP contribution in [0.25, 0.3) is 0 Å². The lowest BCUT2D eigenvalue weighted by Crippen LogP contribution is -2.21. The first-order chi connectivity index (χ1) is 14.1. The summed E-state index contributed by atoms with van der Waals surface area (Å²) < 4.78 is 13.6. The Hall–Kier alpha value is -3.13. The number of rotatable bonds is 9. The first kappa shape index (κ1) is 20.6. The molecular weight excluding hydrogens is 436 g/mol. The lowest BCUT2D eigenvalue weighted by atomic mass is 10.1. The van der Waals surface area contributed by atoms with Gasteiger partial charge in [-0.15, -0.1) is 11.7 Å². The molecule has 1 heterocycles. The monoisotopic (exact) mass is 456 g/mol. The first-order valence-corrected chi connectivity index (χ1v) is 9.71. The fraction of sp³-hybridized carbons (Fsp3) is 0.190. The van der Waals surface area contributed by atoms with Crippen molar-refractivity contribution in [1.82, 2.24) is 14.8 Å². The third-order valence-electron chi connectivity index (χ3n) is 4.01. The molecule has 0 aliphatic heterocycles. The molecule has 150 valence electrons. The fourth-order valence-corrected chi connectivity index (χ4v) is 2.90. The quantitative estimate of drug-likeness (QED) is 0.494. The lowest BCUT2D eigenvalue weighted by molar-refractivity contribution is -0.118. The van der Waals surface area contributed by atoms with Crippen molar-refractivity contribution in [3.63, 3.8) is 0 Å². The number of methoxy groups -OCH3 is 1. The second-order valence-electron chi connectivity index (χ2n) is 6.21. The van der Waals surface area contributed by atoms with Crippen molar-refractivity contribution < 1.29 is 14.3 Å². The van der Waals surface area contributed by atoms with Gasteiger partial charge in [0, 0.05) is 4.47 Å². The lowest BCUT2D eigenvalue weighted by Gasteiger charge is -2.11. The Balaban J connectivity index is 1.54. The zero-order valence-corrected chi connectivity index (χ0v) is 17.6. The number of carbonyl (C=O) groups is 1. The van der Waals surface area contributed by atoms with E-state index in [2.05, 4.69) is 37.9 Å². The van der Waals surface area contributed by atoms with Gasteiger partial charge in [-0.1, -0.05) is 40.2 Å². The van der Waals surface area contributed by atoms with Gasteiger partial charge < -0.3 is 9.47 Å². The number of anilines is 1. The predicted molar refractivity (Wildman–Crippen MR) is 114 cm³/mol. The Morgan fingerprint density at radius 3 is 2.69 bits per heavy atom. The van der Waals surface area contributed by atoms with Gasteiger partial charge in [0.1, 0.15) is 6.33 Å². The molecule has 8 heteroatoms. The topological polar surface area (TPSA) is 78.3 Å². The number of benzene rings is 2. The molecule has 1 aromatic heterocycles. The number of ether oxygens (including phenoxy) is 2. The SMILES string of the molecule is C=CCc1ccc(OCC(=O)Nc2ncn(Cc3ccc(Br)cc3)n2)c(OC)c1. The highest BCUT2D eigenvalue weighted by molar-refractivity contribution is 9.10. The normalized spacial score (nSPS) is 10.4. The van der Waals surface area contributed by atoms with Crippen molar-refractivity contribution >= 4 is 27.8 Å². The molecule has 0 aliphatic rings. The van der Waals surface area contributed by atoms with Crippen molar-refractivity contribution in [2.75, 3.05) is 19.0 Å². The number of aromatic nitrogens is 3. The molecule has 1 amide bonds. The van der Waals surface area contributed by atoms with Crippen LogP contribution >= 0.6 is 15.9 Å². The van der Waals surface area contributed by atoms with Crippen LogP contribution < -0.4 is 14.8 Å². The number of allylic oxidation sites excluding steroid dienone is 1. The van der Waals surface area contributed by atoms with E-state index in [0.29, 0.717) is 18.0 Å². The second-order valence-corrected chi connectivity index (χ2v) is 7.12. The number of hydrogen-bond acceptors (Lipinski definition) is 5. The highest BCUT2D eigenvalue weighted by Gasteiger charge is 2.11. The Morgan fingerprint density at radius 2 is 1.97 bits per heavy atom. The molecule has 1 N–H and O–H groups in total. The van der Waals surface area contributed by atoms with E-state index in [4.69, 9.17) is 9.47 Å². The van der Waals surface area contributed by atoms with Crippen LogP contribution in [-0.2, 0) is 17.8 Å². The largest absolute Gasteiger partial charge is 0.493 e. The zero-order chi connectivity index (χ0) is 20.6. The highest BCUT2D eigenvalue weighted by atomic mass is 79.9. The second kappa shape index (κ2) is 9.88. The maximum atomic E-state index is 12.2. The molecule has 0 unspecified atom stereocenters. The third-order valence-corrected chi connectivity index (χ3v) is 4.54. The number of carbonyl (C=O) groups excluding carboxylic acids is 1. The molecule has 0 saturated heterocycles. The minimum atomic E-state index is -0.358. The van der Waals surface area contributed by atoms with Gasteiger partial charge in [-0.3, -0.25) is 10.1 Å². The summed E-state index contributed by atoms with van der Waals surface area (Å²) in [5.74, 6) is 0.922. The van der Waals surface area contributed by atoms with Crippen LogP contribution in [0, 0.1) is 0 Å². The van der Waals surface area contributed by atoms with Crippen LogP contribution in [0.1, 0.15) is 11.1 Å². The molecule has 0 bridgehead atoms. The van der Waals surface area contributed by atoms with Crippen molar-refractivity contribution in [2.45, 2.75) is 13.0 Å². The minimum absolute atomic E-state index is 0.182. The Kier molecular flexibility index (Phi) is 7.02. The van der Waals surface area contributed by atoms with Crippen LogP contribution in [0.4, 0.5) is 5.95 Å². The van der Waals surface area contributed by atoms with Gasteiger partial charge in [-0.25, -0.2) is 9.67 Å². The first-order valence-electron chi connectivity index (χ1n) is 8.91. The van der Waals surface area contributed by atoms with Gasteiger partial charge >= 0.3 is 0 Å². The summed E-state index contributed by atoms with van der Waals surface area (Å²) in [5, 5.41) is 6.89. The van der Waals surface area contributed by atoms with Crippen LogP contribution in [-0.4, -0.2) is 34.4 Å². The Morgan fingerprint density at radius 1 is 1.21 bits per heavy atom. The summed E-state index contributed by atoms with van der Waals surface area (Å²) in [4.78, 5) is 16.3. The number of amides is 1. The van der Waals surface area contributed by atoms with E-state index < -0.39 is 0 Å². The molecule has 0 radical (unpaired) electrons. The zero-order valence-electron chi connectivity index (χ0n) is 16.0. The van der Waals surface area contributed by atoms with Crippen LogP contribution in [0.3, 0.4) is 0 Å². The maximum Gasteiger partial charge on any atom is 0.264 e. The van der Waals surface area contributed by atoms with Crippen LogP contribution in [0.15, 0.2) is 65.9 Å². The summed E-state index contributed by atoms with van der Waals surface area (Å²) in [5.41, 5.74) is 2.13.